The molecule has 3 rings (SSSR count). The Morgan fingerprint density at radius 3 is 2.27 bits per heavy atom. The van der Waals surface area contributed by atoms with Gasteiger partial charge in [-0.3, -0.25) is 9.59 Å². The van der Waals surface area contributed by atoms with E-state index in [9.17, 15) is 18.4 Å². The lowest BCUT2D eigenvalue weighted by atomic mass is 10.1. The Hall–Kier alpha value is -3.46. The first-order chi connectivity index (χ1) is 16.0. The van der Waals surface area contributed by atoms with E-state index in [1.165, 1.54) is 43.3 Å². The van der Waals surface area contributed by atoms with Crippen LogP contribution in [0.4, 0.5) is 8.78 Å². The van der Waals surface area contributed by atoms with Gasteiger partial charge in [-0.25, -0.2) is 0 Å². The molecular formula is C24H26F2N2O5. The first kappa shape index (κ1) is 24.2. The summed E-state index contributed by atoms with van der Waals surface area (Å²) in [4.78, 5) is 25.0. The molecule has 0 unspecified atom stereocenters. The number of alkyl halides is 2. The van der Waals surface area contributed by atoms with Gasteiger partial charge < -0.3 is 25.2 Å². The summed E-state index contributed by atoms with van der Waals surface area (Å²) in [5, 5.41) is 14.0. The van der Waals surface area contributed by atoms with Crippen LogP contribution in [0.3, 0.4) is 0 Å². The minimum Gasteiger partial charge on any atom is -0.494 e. The van der Waals surface area contributed by atoms with Crippen molar-refractivity contribution in [1.29, 1.82) is 0 Å². The van der Waals surface area contributed by atoms with Crippen LogP contribution in [0, 0.1) is 5.92 Å². The third kappa shape index (κ3) is 7.87. The van der Waals surface area contributed by atoms with E-state index in [1.54, 1.807) is 24.3 Å². The summed E-state index contributed by atoms with van der Waals surface area (Å²) >= 11 is 0. The average molecular weight is 460 g/mol. The smallest absolute Gasteiger partial charge is 0.387 e. The minimum atomic E-state index is -2.96. The van der Waals surface area contributed by atoms with E-state index in [0.717, 1.165) is 12.3 Å². The standard InChI is InChI=1S/C24H26F2N2O5/c25-24(26)33-20-9-3-17(4-10-20)21(23(31)27-12-13-29)15-28-22(30)18-5-7-19(8-6-18)32-14-11-16-1-2-16/h3-10,15-16,24,29H,1-2,11-14H2,(H,27,31)(H,28,30). The largest absolute Gasteiger partial charge is 0.494 e. The van der Waals surface area contributed by atoms with Gasteiger partial charge in [-0.05, 0) is 54.3 Å². The number of halogens is 2. The van der Waals surface area contributed by atoms with Crippen molar-refractivity contribution >= 4 is 17.4 Å². The van der Waals surface area contributed by atoms with Crippen LogP contribution in [0.1, 0.15) is 35.2 Å². The van der Waals surface area contributed by atoms with Gasteiger partial charge in [-0.15, -0.1) is 0 Å². The molecule has 0 radical (unpaired) electrons. The Bertz CT molecular complexity index is 958. The SMILES string of the molecule is O=C(NCCO)C(=CNC(=O)c1ccc(OCCC2CC2)cc1)c1ccc(OC(F)F)cc1. The van der Waals surface area contributed by atoms with Crippen LogP contribution in [0.5, 0.6) is 11.5 Å². The van der Waals surface area contributed by atoms with Crippen molar-refractivity contribution in [2.75, 3.05) is 19.8 Å². The molecule has 1 aliphatic rings. The number of benzene rings is 2. The second-order valence-electron chi connectivity index (χ2n) is 7.52. The molecule has 0 bridgehead atoms. The Morgan fingerprint density at radius 2 is 1.67 bits per heavy atom. The third-order valence-corrected chi connectivity index (χ3v) is 4.99. The number of aliphatic hydroxyl groups is 1. The van der Waals surface area contributed by atoms with Gasteiger partial charge in [0.2, 0.25) is 0 Å². The number of carbonyl (C=O) groups excluding carboxylic acids is 2. The van der Waals surface area contributed by atoms with E-state index in [-0.39, 0.29) is 24.5 Å². The maximum atomic E-state index is 12.5. The molecule has 2 aromatic rings. The van der Waals surface area contributed by atoms with Crippen molar-refractivity contribution < 1.29 is 33.0 Å². The maximum absolute atomic E-state index is 12.5. The van der Waals surface area contributed by atoms with Crippen molar-refractivity contribution in [2.45, 2.75) is 25.9 Å². The van der Waals surface area contributed by atoms with Crippen molar-refractivity contribution in [3.63, 3.8) is 0 Å². The van der Waals surface area contributed by atoms with Gasteiger partial charge in [-0.2, -0.15) is 8.78 Å². The molecule has 7 nitrogen and oxygen atoms in total. The molecule has 0 aromatic heterocycles. The van der Waals surface area contributed by atoms with E-state index in [0.29, 0.717) is 23.5 Å². The molecule has 1 saturated carbocycles. The molecule has 1 aliphatic carbocycles. The maximum Gasteiger partial charge on any atom is 0.387 e. The van der Waals surface area contributed by atoms with Crippen molar-refractivity contribution in [2.24, 2.45) is 5.92 Å². The predicted octanol–water partition coefficient (Wildman–Crippen LogP) is 3.35. The summed E-state index contributed by atoms with van der Waals surface area (Å²) in [5.41, 5.74) is 0.823. The number of nitrogens with one attached hydrogen (secondary N) is 2. The van der Waals surface area contributed by atoms with Crippen molar-refractivity contribution in [3.8, 4) is 11.5 Å². The lowest BCUT2D eigenvalue weighted by Crippen LogP contribution is -2.28. The molecule has 0 spiro atoms. The van der Waals surface area contributed by atoms with Gasteiger partial charge in [0.15, 0.2) is 0 Å². The molecule has 9 heteroatoms. The van der Waals surface area contributed by atoms with Crippen LogP contribution in [-0.4, -0.2) is 43.3 Å². The van der Waals surface area contributed by atoms with Gasteiger partial charge in [0.1, 0.15) is 11.5 Å². The summed E-state index contributed by atoms with van der Waals surface area (Å²) < 4.78 is 34.7. The van der Waals surface area contributed by atoms with E-state index >= 15 is 0 Å². The highest BCUT2D eigenvalue weighted by atomic mass is 19.3. The topological polar surface area (TPSA) is 96.9 Å². The minimum absolute atomic E-state index is 0.0128. The molecule has 33 heavy (non-hydrogen) atoms. The summed E-state index contributed by atoms with van der Waals surface area (Å²) in [6, 6.07) is 12.1. The van der Waals surface area contributed by atoms with E-state index in [4.69, 9.17) is 9.84 Å². The van der Waals surface area contributed by atoms with E-state index in [1.807, 2.05) is 0 Å². The molecule has 3 N–H and O–H groups in total. The van der Waals surface area contributed by atoms with Gasteiger partial charge >= 0.3 is 6.61 Å². The lowest BCUT2D eigenvalue weighted by Gasteiger charge is -2.11. The molecule has 2 amide bonds. The quantitative estimate of drug-likeness (QED) is 0.422. The molecule has 176 valence electrons. The highest BCUT2D eigenvalue weighted by Gasteiger charge is 2.20. The monoisotopic (exact) mass is 460 g/mol. The van der Waals surface area contributed by atoms with E-state index < -0.39 is 18.4 Å². The fourth-order valence-corrected chi connectivity index (χ4v) is 3.03. The number of rotatable bonds is 12. The fourth-order valence-electron chi connectivity index (χ4n) is 3.03. The highest BCUT2D eigenvalue weighted by Crippen LogP contribution is 2.32. The van der Waals surface area contributed by atoms with Crippen LogP contribution in [0.25, 0.3) is 5.57 Å². The van der Waals surface area contributed by atoms with Crippen molar-refractivity contribution in [1.82, 2.24) is 10.6 Å². The number of ether oxygens (including phenoxy) is 2. The van der Waals surface area contributed by atoms with Gasteiger partial charge in [-0.1, -0.05) is 25.0 Å². The number of carbonyl (C=O) groups is 2. The molecular weight excluding hydrogens is 434 g/mol. The normalized spacial score (nSPS) is 13.5. The summed E-state index contributed by atoms with van der Waals surface area (Å²) in [6.45, 7) is -2.57. The summed E-state index contributed by atoms with van der Waals surface area (Å²) in [7, 11) is 0. The second-order valence-corrected chi connectivity index (χ2v) is 7.52. The zero-order valence-electron chi connectivity index (χ0n) is 17.9. The van der Waals surface area contributed by atoms with Crippen molar-refractivity contribution in [3.05, 3.63) is 65.9 Å². The first-order valence-corrected chi connectivity index (χ1v) is 10.6. The van der Waals surface area contributed by atoms with Crippen LogP contribution >= 0.6 is 0 Å². The van der Waals surface area contributed by atoms with Gasteiger partial charge in [0.25, 0.3) is 11.8 Å². The Kier molecular flexibility index (Phi) is 8.77. The average Bonchev–Trinajstić information content (AvgIpc) is 3.63. The van der Waals surface area contributed by atoms with E-state index in [2.05, 4.69) is 15.4 Å². The van der Waals surface area contributed by atoms with Gasteiger partial charge in [0.05, 0.1) is 18.8 Å². The Morgan fingerprint density at radius 1 is 1.03 bits per heavy atom. The van der Waals surface area contributed by atoms with Crippen LogP contribution in [0.15, 0.2) is 54.7 Å². The van der Waals surface area contributed by atoms with Gasteiger partial charge in [0, 0.05) is 18.3 Å². The molecule has 0 aliphatic heterocycles. The first-order valence-electron chi connectivity index (χ1n) is 10.6. The number of amides is 2. The summed E-state index contributed by atoms with van der Waals surface area (Å²) in [5.74, 6) is 0.403. The van der Waals surface area contributed by atoms with Crippen LogP contribution in [-0.2, 0) is 4.79 Å². The number of aliphatic hydroxyl groups excluding tert-OH is 1. The zero-order valence-corrected chi connectivity index (χ0v) is 17.9. The molecule has 0 atom stereocenters. The van der Waals surface area contributed by atoms with Crippen LogP contribution in [0.2, 0.25) is 0 Å². The molecule has 1 fully saturated rings. The zero-order chi connectivity index (χ0) is 23.6. The second kappa shape index (κ2) is 12.0. The molecule has 0 saturated heterocycles. The Labute approximate surface area is 190 Å². The molecule has 0 heterocycles. The number of hydrogen-bond donors (Lipinski definition) is 3. The Balaban J connectivity index is 1.66. The molecule has 2 aromatic carbocycles. The summed E-state index contributed by atoms with van der Waals surface area (Å²) in [6.07, 6.45) is 4.80. The lowest BCUT2D eigenvalue weighted by molar-refractivity contribution is -0.115. The fraction of sp³-hybridized carbons (Fsp3) is 0.333. The highest BCUT2D eigenvalue weighted by molar-refractivity contribution is 6.19. The van der Waals surface area contributed by atoms with Crippen LogP contribution < -0.4 is 20.1 Å². The predicted molar refractivity (Wildman–Crippen MR) is 118 cm³/mol. The third-order valence-electron chi connectivity index (χ3n) is 4.99. The number of hydrogen-bond acceptors (Lipinski definition) is 5.